The van der Waals surface area contributed by atoms with Crippen LogP contribution in [0.2, 0.25) is 5.02 Å². The number of rotatable bonds is 3. The van der Waals surface area contributed by atoms with Crippen LogP contribution in [0.4, 0.5) is 11.4 Å². The topological polar surface area (TPSA) is 52.6 Å². The maximum atomic E-state index is 12.6. The van der Waals surface area contributed by atoms with Crippen LogP contribution in [-0.2, 0) is 0 Å². The van der Waals surface area contributed by atoms with E-state index in [-0.39, 0.29) is 12.0 Å². The van der Waals surface area contributed by atoms with Crippen molar-refractivity contribution in [2.75, 3.05) is 23.3 Å². The minimum absolute atomic E-state index is 0.215. The Morgan fingerprint density at radius 3 is 2.62 bits per heavy atom. The number of anilines is 2. The lowest BCUT2D eigenvalue weighted by atomic mass is 10.1. The average molecular weight is 345 g/mol. The van der Waals surface area contributed by atoms with Crippen molar-refractivity contribution in [3.05, 3.63) is 58.6 Å². The molecule has 1 fully saturated rings. The highest BCUT2D eigenvalue weighted by molar-refractivity contribution is 6.35. The van der Waals surface area contributed by atoms with Crippen LogP contribution in [0.5, 0.6) is 0 Å². The number of carbonyl (C=O) groups is 1. The minimum Gasteiger partial charge on any atom is -0.393 e. The second-order valence-electron chi connectivity index (χ2n) is 6.13. The summed E-state index contributed by atoms with van der Waals surface area (Å²) in [5.74, 6) is -0.215. The lowest BCUT2D eigenvalue weighted by Crippen LogP contribution is -2.36. The number of aryl methyl sites for hydroxylation is 1. The maximum Gasteiger partial charge on any atom is 0.257 e. The van der Waals surface area contributed by atoms with Gasteiger partial charge in [-0.2, -0.15) is 0 Å². The maximum absolute atomic E-state index is 12.6. The summed E-state index contributed by atoms with van der Waals surface area (Å²) >= 11 is 6.26. The highest BCUT2D eigenvalue weighted by Gasteiger charge is 2.20. The van der Waals surface area contributed by atoms with Gasteiger partial charge in [0.15, 0.2) is 0 Å². The van der Waals surface area contributed by atoms with Crippen LogP contribution in [0.25, 0.3) is 0 Å². The van der Waals surface area contributed by atoms with Gasteiger partial charge in [-0.1, -0.05) is 35.9 Å². The van der Waals surface area contributed by atoms with Crippen LogP contribution in [-0.4, -0.2) is 30.2 Å². The fourth-order valence-corrected chi connectivity index (χ4v) is 3.19. The molecule has 0 atom stereocenters. The lowest BCUT2D eigenvalue weighted by Gasteiger charge is -2.32. The molecule has 1 amide bonds. The summed E-state index contributed by atoms with van der Waals surface area (Å²) in [6, 6.07) is 13.2. The standard InChI is InChI=1S/C19H21ClN2O2/c1-13-5-4-6-15(18(13)20)19(24)21-16-7-2-3-8-17(16)22-11-9-14(23)10-12-22/h2-8,14,23H,9-12H2,1H3,(H,21,24). The fourth-order valence-electron chi connectivity index (χ4n) is 2.97. The number of nitrogens with one attached hydrogen (secondary N) is 1. The number of para-hydroxylation sites is 2. The molecule has 126 valence electrons. The van der Waals surface area contributed by atoms with Crippen LogP contribution in [0.15, 0.2) is 42.5 Å². The molecule has 0 saturated carbocycles. The van der Waals surface area contributed by atoms with Gasteiger partial charge >= 0.3 is 0 Å². The van der Waals surface area contributed by atoms with Crippen molar-refractivity contribution in [1.29, 1.82) is 0 Å². The van der Waals surface area contributed by atoms with E-state index in [1.165, 1.54) is 0 Å². The number of piperidine rings is 1. The van der Waals surface area contributed by atoms with Gasteiger partial charge in [0, 0.05) is 13.1 Å². The third-order valence-corrected chi connectivity index (χ3v) is 4.90. The van der Waals surface area contributed by atoms with E-state index in [2.05, 4.69) is 10.2 Å². The number of hydrogen-bond acceptors (Lipinski definition) is 3. The SMILES string of the molecule is Cc1cccc(C(=O)Nc2ccccc2N2CCC(O)CC2)c1Cl. The number of hydrogen-bond donors (Lipinski definition) is 2. The molecule has 2 N–H and O–H groups in total. The summed E-state index contributed by atoms with van der Waals surface area (Å²) in [7, 11) is 0. The number of amides is 1. The molecule has 0 aliphatic carbocycles. The Kier molecular flexibility index (Phi) is 5.07. The van der Waals surface area contributed by atoms with Crippen LogP contribution in [0.1, 0.15) is 28.8 Å². The highest BCUT2D eigenvalue weighted by Crippen LogP contribution is 2.29. The third kappa shape index (κ3) is 3.55. The second-order valence-corrected chi connectivity index (χ2v) is 6.50. The van der Waals surface area contributed by atoms with Gasteiger partial charge in [-0.25, -0.2) is 0 Å². The molecular weight excluding hydrogens is 324 g/mol. The summed E-state index contributed by atoms with van der Waals surface area (Å²) in [5.41, 5.74) is 3.08. The third-order valence-electron chi connectivity index (χ3n) is 4.39. The summed E-state index contributed by atoms with van der Waals surface area (Å²) < 4.78 is 0. The van der Waals surface area contributed by atoms with Crippen molar-refractivity contribution < 1.29 is 9.90 Å². The second kappa shape index (κ2) is 7.24. The molecule has 1 saturated heterocycles. The normalized spacial score (nSPS) is 15.4. The number of benzene rings is 2. The molecule has 5 heteroatoms. The van der Waals surface area contributed by atoms with E-state index in [4.69, 9.17) is 11.6 Å². The predicted molar refractivity (Wildman–Crippen MR) is 98.0 cm³/mol. The van der Waals surface area contributed by atoms with E-state index in [9.17, 15) is 9.90 Å². The Bertz CT molecular complexity index is 740. The Balaban J connectivity index is 1.83. The van der Waals surface area contributed by atoms with Gasteiger partial charge in [-0.15, -0.1) is 0 Å². The van der Waals surface area contributed by atoms with E-state index < -0.39 is 0 Å². The van der Waals surface area contributed by atoms with Gasteiger partial charge in [0.1, 0.15) is 0 Å². The molecule has 1 heterocycles. The molecule has 1 aliphatic rings. The zero-order valence-corrected chi connectivity index (χ0v) is 14.4. The summed E-state index contributed by atoms with van der Waals surface area (Å²) in [4.78, 5) is 14.8. The summed E-state index contributed by atoms with van der Waals surface area (Å²) in [5, 5.41) is 13.1. The first-order chi connectivity index (χ1) is 11.6. The predicted octanol–water partition coefficient (Wildman–Crippen LogP) is 3.86. The Morgan fingerprint density at radius 2 is 1.88 bits per heavy atom. The average Bonchev–Trinajstić information content (AvgIpc) is 2.58. The van der Waals surface area contributed by atoms with Crippen molar-refractivity contribution >= 4 is 28.9 Å². The molecule has 4 nitrogen and oxygen atoms in total. The molecule has 0 bridgehead atoms. The monoisotopic (exact) mass is 344 g/mol. The minimum atomic E-state index is -0.228. The van der Waals surface area contributed by atoms with Crippen molar-refractivity contribution in [2.24, 2.45) is 0 Å². The van der Waals surface area contributed by atoms with Crippen molar-refractivity contribution in [2.45, 2.75) is 25.9 Å². The lowest BCUT2D eigenvalue weighted by molar-refractivity contribution is 0.102. The molecule has 0 radical (unpaired) electrons. The van der Waals surface area contributed by atoms with Gasteiger partial charge in [0.2, 0.25) is 0 Å². The molecule has 0 unspecified atom stereocenters. The Hall–Kier alpha value is -2.04. The van der Waals surface area contributed by atoms with Crippen molar-refractivity contribution in [1.82, 2.24) is 0 Å². The molecule has 1 aliphatic heterocycles. The zero-order chi connectivity index (χ0) is 17.1. The molecule has 3 rings (SSSR count). The zero-order valence-electron chi connectivity index (χ0n) is 13.6. The number of nitrogens with zero attached hydrogens (tertiary/aromatic N) is 1. The van der Waals surface area contributed by atoms with Gasteiger partial charge in [0.25, 0.3) is 5.91 Å². The molecule has 2 aromatic carbocycles. The van der Waals surface area contributed by atoms with Gasteiger partial charge in [0.05, 0.1) is 28.1 Å². The van der Waals surface area contributed by atoms with E-state index >= 15 is 0 Å². The number of carbonyl (C=O) groups excluding carboxylic acids is 1. The quantitative estimate of drug-likeness (QED) is 0.888. The van der Waals surface area contributed by atoms with Crippen LogP contribution >= 0.6 is 11.6 Å². The van der Waals surface area contributed by atoms with Crippen LogP contribution in [0, 0.1) is 6.92 Å². The molecule has 2 aromatic rings. The first-order valence-corrected chi connectivity index (χ1v) is 8.52. The highest BCUT2D eigenvalue weighted by atomic mass is 35.5. The number of halogens is 1. The van der Waals surface area contributed by atoms with Crippen molar-refractivity contribution in [3.63, 3.8) is 0 Å². The number of aliphatic hydroxyl groups is 1. The van der Waals surface area contributed by atoms with E-state index in [0.29, 0.717) is 10.6 Å². The van der Waals surface area contributed by atoms with E-state index in [1.807, 2.05) is 43.3 Å². The van der Waals surface area contributed by atoms with Crippen LogP contribution in [0.3, 0.4) is 0 Å². The summed E-state index contributed by atoms with van der Waals surface area (Å²) in [6.07, 6.45) is 1.26. The molecule has 24 heavy (non-hydrogen) atoms. The molecular formula is C19H21ClN2O2. The number of aliphatic hydroxyl groups excluding tert-OH is 1. The van der Waals surface area contributed by atoms with E-state index in [1.54, 1.807) is 6.07 Å². The fraction of sp³-hybridized carbons (Fsp3) is 0.316. The largest absolute Gasteiger partial charge is 0.393 e. The molecule has 0 spiro atoms. The van der Waals surface area contributed by atoms with Gasteiger partial charge < -0.3 is 15.3 Å². The van der Waals surface area contributed by atoms with Crippen LogP contribution < -0.4 is 10.2 Å². The Morgan fingerprint density at radius 1 is 1.17 bits per heavy atom. The first kappa shape index (κ1) is 16.8. The smallest absolute Gasteiger partial charge is 0.257 e. The van der Waals surface area contributed by atoms with Gasteiger partial charge in [-0.3, -0.25) is 4.79 Å². The van der Waals surface area contributed by atoms with Crippen molar-refractivity contribution in [3.8, 4) is 0 Å². The Labute approximate surface area is 147 Å². The van der Waals surface area contributed by atoms with Gasteiger partial charge in [-0.05, 0) is 43.5 Å². The van der Waals surface area contributed by atoms with E-state index in [0.717, 1.165) is 42.9 Å². The first-order valence-electron chi connectivity index (χ1n) is 8.15. The summed E-state index contributed by atoms with van der Waals surface area (Å²) in [6.45, 7) is 3.44. The molecule has 0 aromatic heterocycles.